The van der Waals surface area contributed by atoms with Crippen LogP contribution in [0.3, 0.4) is 0 Å². The zero-order valence-corrected chi connectivity index (χ0v) is 12.9. The van der Waals surface area contributed by atoms with E-state index in [-0.39, 0.29) is 6.10 Å². The van der Waals surface area contributed by atoms with Crippen LogP contribution >= 0.6 is 0 Å². The Balaban J connectivity index is 1.71. The maximum Gasteiger partial charge on any atom is 0.132 e. The van der Waals surface area contributed by atoms with Gasteiger partial charge in [0.2, 0.25) is 0 Å². The molecule has 2 aromatic heterocycles. The van der Waals surface area contributed by atoms with E-state index < -0.39 is 0 Å². The first-order chi connectivity index (χ1) is 10.8. The average Bonchev–Trinajstić information content (AvgIpc) is 2.98. The van der Waals surface area contributed by atoms with Gasteiger partial charge in [-0.1, -0.05) is 0 Å². The van der Waals surface area contributed by atoms with E-state index in [2.05, 4.69) is 32.1 Å². The van der Waals surface area contributed by atoms with Crippen molar-refractivity contribution in [1.82, 2.24) is 15.0 Å². The molecule has 6 heteroatoms. The van der Waals surface area contributed by atoms with Crippen molar-refractivity contribution >= 4 is 11.5 Å². The number of nitrogens with zero attached hydrogens (tertiary/aromatic N) is 4. The maximum absolute atomic E-state index is 5.55. The van der Waals surface area contributed by atoms with Gasteiger partial charge in [-0.15, -0.1) is 0 Å². The summed E-state index contributed by atoms with van der Waals surface area (Å²) in [5.41, 5.74) is 2.27. The largest absolute Gasteiger partial charge is 0.383 e. The Bertz CT molecular complexity index is 606. The van der Waals surface area contributed by atoms with Gasteiger partial charge in [-0.3, -0.25) is 4.98 Å². The van der Waals surface area contributed by atoms with E-state index >= 15 is 0 Å². The molecule has 0 aromatic carbocycles. The number of nitrogens with one attached hydrogen (secondary N) is 1. The molecular weight excluding hydrogens is 278 g/mol. The van der Waals surface area contributed by atoms with Crippen molar-refractivity contribution in [1.29, 1.82) is 0 Å². The summed E-state index contributed by atoms with van der Waals surface area (Å²) in [6, 6.07) is 4.29. The summed E-state index contributed by atoms with van der Waals surface area (Å²) in [6.45, 7) is 3.76. The van der Waals surface area contributed by atoms with Crippen LogP contribution in [0.1, 0.15) is 12.0 Å². The summed E-state index contributed by atoms with van der Waals surface area (Å²) in [5.74, 6) is 0.952. The molecule has 1 saturated heterocycles. The molecular formula is C16H21N5O. The first-order valence-electron chi connectivity index (χ1n) is 7.48. The minimum atomic E-state index is 0.236. The number of ether oxygens (including phenoxy) is 1. The van der Waals surface area contributed by atoms with Gasteiger partial charge in [-0.05, 0) is 31.0 Å². The number of hydrogen-bond donors (Lipinski definition) is 1. The Hall–Kier alpha value is -2.21. The van der Waals surface area contributed by atoms with Crippen LogP contribution in [-0.2, 0) is 4.74 Å². The second kappa shape index (κ2) is 6.70. The van der Waals surface area contributed by atoms with Crippen molar-refractivity contribution in [2.45, 2.75) is 25.5 Å². The first-order valence-corrected chi connectivity index (χ1v) is 7.48. The summed E-state index contributed by atoms with van der Waals surface area (Å²) < 4.78 is 5.55. The molecule has 116 valence electrons. The molecule has 0 amide bonds. The first kappa shape index (κ1) is 14.7. The van der Waals surface area contributed by atoms with Gasteiger partial charge in [0, 0.05) is 44.5 Å². The van der Waals surface area contributed by atoms with E-state index in [1.165, 1.54) is 0 Å². The number of aromatic nitrogens is 3. The highest BCUT2D eigenvalue weighted by atomic mass is 16.5. The van der Waals surface area contributed by atoms with Gasteiger partial charge in [0.05, 0.1) is 12.1 Å². The number of rotatable bonds is 5. The molecule has 1 aliphatic heterocycles. The number of hydrogen-bond acceptors (Lipinski definition) is 6. The van der Waals surface area contributed by atoms with Crippen molar-refractivity contribution in [3.05, 3.63) is 42.6 Å². The van der Waals surface area contributed by atoms with Crippen LogP contribution in [0.2, 0.25) is 0 Å². The summed E-state index contributed by atoms with van der Waals surface area (Å²) in [5, 5.41) is 3.52. The van der Waals surface area contributed by atoms with Gasteiger partial charge in [0.1, 0.15) is 12.1 Å². The van der Waals surface area contributed by atoms with Crippen LogP contribution in [0.4, 0.5) is 11.5 Å². The van der Waals surface area contributed by atoms with E-state index in [0.717, 1.165) is 36.6 Å². The van der Waals surface area contributed by atoms with Crippen LogP contribution in [0.5, 0.6) is 0 Å². The Labute approximate surface area is 130 Å². The Morgan fingerprint density at radius 1 is 1.32 bits per heavy atom. The van der Waals surface area contributed by atoms with Gasteiger partial charge in [-0.25, -0.2) is 9.97 Å². The lowest BCUT2D eigenvalue weighted by Crippen LogP contribution is -2.35. The molecule has 1 N–H and O–H groups in total. The molecule has 0 saturated carbocycles. The molecule has 3 heterocycles. The summed E-state index contributed by atoms with van der Waals surface area (Å²) in [6.07, 6.45) is 8.27. The molecule has 2 aromatic rings. The Kier molecular flexibility index (Phi) is 4.48. The Morgan fingerprint density at radius 2 is 2.18 bits per heavy atom. The molecule has 0 unspecified atom stereocenters. The fraction of sp³-hybridized carbons (Fsp3) is 0.438. The number of methoxy groups -OCH3 is 1. The van der Waals surface area contributed by atoms with Crippen molar-refractivity contribution < 1.29 is 4.74 Å². The van der Waals surface area contributed by atoms with E-state index in [1.807, 2.05) is 24.5 Å². The SMILES string of the molecule is CO[C@@H]1C[C@H](CNc2ccncc2C)N(c2ccncn2)C1. The minimum absolute atomic E-state index is 0.236. The molecule has 22 heavy (non-hydrogen) atoms. The Morgan fingerprint density at radius 3 is 2.91 bits per heavy atom. The summed E-state index contributed by atoms with van der Waals surface area (Å²) in [7, 11) is 1.77. The molecule has 0 bridgehead atoms. The molecule has 2 atom stereocenters. The second-order valence-corrected chi connectivity index (χ2v) is 5.54. The van der Waals surface area contributed by atoms with Crippen molar-refractivity contribution in [2.75, 3.05) is 30.4 Å². The monoisotopic (exact) mass is 299 g/mol. The third kappa shape index (κ3) is 3.17. The normalized spacial score (nSPS) is 21.1. The van der Waals surface area contributed by atoms with Crippen molar-refractivity contribution in [2.24, 2.45) is 0 Å². The van der Waals surface area contributed by atoms with Crippen molar-refractivity contribution in [3.8, 4) is 0 Å². The topological polar surface area (TPSA) is 63.2 Å². The van der Waals surface area contributed by atoms with Crippen LogP contribution in [-0.4, -0.2) is 47.3 Å². The van der Waals surface area contributed by atoms with Gasteiger partial charge in [0.25, 0.3) is 0 Å². The predicted octanol–water partition coefficient (Wildman–Crippen LogP) is 1.89. The van der Waals surface area contributed by atoms with Crippen molar-refractivity contribution in [3.63, 3.8) is 0 Å². The fourth-order valence-corrected chi connectivity index (χ4v) is 2.87. The molecule has 6 nitrogen and oxygen atoms in total. The van der Waals surface area contributed by atoms with E-state index in [4.69, 9.17) is 4.74 Å². The number of anilines is 2. The predicted molar refractivity (Wildman–Crippen MR) is 86.0 cm³/mol. The number of pyridine rings is 1. The second-order valence-electron chi connectivity index (χ2n) is 5.54. The lowest BCUT2D eigenvalue weighted by molar-refractivity contribution is 0.118. The minimum Gasteiger partial charge on any atom is -0.383 e. The summed E-state index contributed by atoms with van der Waals surface area (Å²) >= 11 is 0. The third-order valence-corrected chi connectivity index (χ3v) is 4.12. The van der Waals surface area contributed by atoms with Gasteiger partial charge >= 0.3 is 0 Å². The molecule has 0 spiro atoms. The quantitative estimate of drug-likeness (QED) is 0.909. The molecule has 0 radical (unpaired) electrons. The zero-order chi connectivity index (χ0) is 15.4. The zero-order valence-electron chi connectivity index (χ0n) is 12.9. The molecule has 1 aliphatic rings. The van der Waals surface area contributed by atoms with E-state index in [1.54, 1.807) is 19.6 Å². The molecule has 1 fully saturated rings. The van der Waals surface area contributed by atoms with Gasteiger partial charge < -0.3 is 15.0 Å². The maximum atomic E-state index is 5.55. The lowest BCUT2D eigenvalue weighted by Gasteiger charge is -2.26. The fourth-order valence-electron chi connectivity index (χ4n) is 2.87. The summed E-state index contributed by atoms with van der Waals surface area (Å²) in [4.78, 5) is 14.8. The average molecular weight is 299 g/mol. The molecule has 3 rings (SSSR count). The van der Waals surface area contributed by atoms with Crippen LogP contribution < -0.4 is 10.2 Å². The van der Waals surface area contributed by atoms with Gasteiger partial charge in [0.15, 0.2) is 0 Å². The third-order valence-electron chi connectivity index (χ3n) is 4.12. The molecule has 0 aliphatic carbocycles. The highest BCUT2D eigenvalue weighted by Gasteiger charge is 2.32. The van der Waals surface area contributed by atoms with Crippen LogP contribution in [0, 0.1) is 6.92 Å². The number of aryl methyl sites for hydroxylation is 1. The smallest absolute Gasteiger partial charge is 0.132 e. The van der Waals surface area contributed by atoms with E-state index in [0.29, 0.717) is 6.04 Å². The lowest BCUT2D eigenvalue weighted by atomic mass is 10.2. The van der Waals surface area contributed by atoms with Crippen LogP contribution in [0.15, 0.2) is 37.1 Å². The highest BCUT2D eigenvalue weighted by Crippen LogP contribution is 2.25. The van der Waals surface area contributed by atoms with Gasteiger partial charge in [-0.2, -0.15) is 0 Å². The highest BCUT2D eigenvalue weighted by molar-refractivity contribution is 5.49. The van der Waals surface area contributed by atoms with E-state index in [9.17, 15) is 0 Å². The standard InChI is InChI=1S/C16H21N5O/c1-12-8-17-5-3-15(12)19-9-13-7-14(22-2)10-21(13)16-4-6-18-11-20-16/h3-6,8,11,13-14H,7,9-10H2,1-2H3,(H,17,19)/t13-,14-/m1/s1. The van der Waals surface area contributed by atoms with Crippen LogP contribution in [0.25, 0.3) is 0 Å².